The van der Waals surface area contributed by atoms with Crippen molar-refractivity contribution in [3.05, 3.63) is 35.9 Å². The van der Waals surface area contributed by atoms with Gasteiger partial charge in [-0.15, -0.1) is 0 Å². The number of hydrogen-bond donors (Lipinski definition) is 1. The van der Waals surface area contributed by atoms with Crippen LogP contribution >= 0.6 is 0 Å². The molecule has 1 aliphatic rings. The van der Waals surface area contributed by atoms with E-state index in [9.17, 15) is 9.59 Å². The number of benzene rings is 1. The zero-order valence-electron chi connectivity index (χ0n) is 14.9. The standard InChI is InChI=1S/C19H28N2O3/c1-19(2,3)24-18(23)21(14-15-10-6-4-7-11-15)16-12-8-5-9-13-20-17(16)22/h4,6-7,10-11,16H,5,8-9,12-14H2,1-3H3,(H,20,22). The van der Waals surface area contributed by atoms with Gasteiger partial charge >= 0.3 is 6.09 Å². The maximum Gasteiger partial charge on any atom is 0.411 e. The lowest BCUT2D eigenvalue weighted by molar-refractivity contribution is -0.127. The summed E-state index contributed by atoms with van der Waals surface area (Å²) in [5.74, 6) is -0.0866. The van der Waals surface area contributed by atoms with Crippen molar-refractivity contribution in [2.24, 2.45) is 0 Å². The topological polar surface area (TPSA) is 58.6 Å². The molecule has 1 aromatic rings. The monoisotopic (exact) mass is 332 g/mol. The number of ether oxygens (including phenoxy) is 1. The Labute approximate surface area is 144 Å². The summed E-state index contributed by atoms with van der Waals surface area (Å²) >= 11 is 0. The third-order valence-corrected chi connectivity index (χ3v) is 3.96. The van der Waals surface area contributed by atoms with E-state index in [2.05, 4.69) is 5.32 Å². The lowest BCUT2D eigenvalue weighted by atomic mass is 10.0. The zero-order valence-corrected chi connectivity index (χ0v) is 14.9. The molecule has 132 valence electrons. The van der Waals surface area contributed by atoms with Gasteiger partial charge in [-0.2, -0.15) is 0 Å². The van der Waals surface area contributed by atoms with E-state index in [-0.39, 0.29) is 5.91 Å². The van der Waals surface area contributed by atoms with Crippen molar-refractivity contribution < 1.29 is 14.3 Å². The van der Waals surface area contributed by atoms with Gasteiger partial charge in [0.15, 0.2) is 0 Å². The highest BCUT2D eigenvalue weighted by molar-refractivity contribution is 5.85. The van der Waals surface area contributed by atoms with E-state index < -0.39 is 17.7 Å². The van der Waals surface area contributed by atoms with Crippen LogP contribution in [-0.4, -0.2) is 35.1 Å². The molecule has 0 saturated carbocycles. The molecule has 0 radical (unpaired) electrons. The molecule has 5 nitrogen and oxygen atoms in total. The Kier molecular flexibility index (Phi) is 6.23. The van der Waals surface area contributed by atoms with Gasteiger partial charge < -0.3 is 10.1 Å². The average molecular weight is 332 g/mol. The molecule has 2 rings (SSSR count). The lowest BCUT2D eigenvalue weighted by Gasteiger charge is -2.33. The fourth-order valence-corrected chi connectivity index (χ4v) is 2.80. The fourth-order valence-electron chi connectivity index (χ4n) is 2.80. The van der Waals surface area contributed by atoms with Crippen LogP contribution in [0.4, 0.5) is 4.79 Å². The van der Waals surface area contributed by atoms with Crippen LogP contribution in [0.3, 0.4) is 0 Å². The van der Waals surface area contributed by atoms with Crippen LogP contribution in [0, 0.1) is 0 Å². The molecular formula is C19H28N2O3. The van der Waals surface area contributed by atoms with Gasteiger partial charge in [0.05, 0.1) is 0 Å². The first-order chi connectivity index (χ1) is 11.4. The highest BCUT2D eigenvalue weighted by Gasteiger charge is 2.33. The molecule has 1 saturated heterocycles. The van der Waals surface area contributed by atoms with Gasteiger partial charge in [0.2, 0.25) is 5.91 Å². The van der Waals surface area contributed by atoms with Gasteiger partial charge in [0.1, 0.15) is 11.6 Å². The van der Waals surface area contributed by atoms with Crippen molar-refractivity contribution in [2.75, 3.05) is 6.54 Å². The van der Waals surface area contributed by atoms with E-state index >= 15 is 0 Å². The smallest absolute Gasteiger partial charge is 0.411 e. The highest BCUT2D eigenvalue weighted by Crippen LogP contribution is 2.20. The van der Waals surface area contributed by atoms with Gasteiger partial charge in [-0.25, -0.2) is 4.79 Å². The van der Waals surface area contributed by atoms with E-state index in [1.165, 1.54) is 0 Å². The van der Waals surface area contributed by atoms with Crippen LogP contribution in [0.2, 0.25) is 0 Å². The molecule has 1 heterocycles. The molecular weight excluding hydrogens is 304 g/mol. The van der Waals surface area contributed by atoms with Crippen molar-refractivity contribution in [3.63, 3.8) is 0 Å². The molecule has 1 unspecified atom stereocenters. The first kappa shape index (κ1) is 18.3. The Morgan fingerprint density at radius 2 is 1.92 bits per heavy atom. The van der Waals surface area contributed by atoms with Crippen molar-refractivity contribution in [1.82, 2.24) is 10.2 Å². The van der Waals surface area contributed by atoms with Gasteiger partial charge in [-0.3, -0.25) is 9.69 Å². The second-order valence-electron chi connectivity index (χ2n) is 7.25. The molecule has 1 atom stereocenters. The minimum absolute atomic E-state index is 0.0866. The Morgan fingerprint density at radius 3 is 2.58 bits per heavy atom. The molecule has 0 aromatic heterocycles. The van der Waals surface area contributed by atoms with Crippen molar-refractivity contribution in [1.29, 1.82) is 0 Å². The second kappa shape index (κ2) is 8.18. The summed E-state index contributed by atoms with van der Waals surface area (Å²) in [4.78, 5) is 26.8. The number of hydrogen-bond acceptors (Lipinski definition) is 3. The zero-order chi connectivity index (χ0) is 17.6. The molecule has 5 heteroatoms. The molecule has 1 N–H and O–H groups in total. The number of nitrogens with one attached hydrogen (secondary N) is 1. The van der Waals surface area contributed by atoms with E-state index in [1.54, 1.807) is 4.90 Å². The summed E-state index contributed by atoms with van der Waals surface area (Å²) in [6.07, 6.45) is 3.21. The Bertz CT molecular complexity index is 551. The van der Waals surface area contributed by atoms with Crippen molar-refractivity contribution >= 4 is 12.0 Å². The van der Waals surface area contributed by atoms with Crippen molar-refractivity contribution in [3.8, 4) is 0 Å². The normalized spacial score (nSPS) is 19.0. The molecule has 2 amide bonds. The highest BCUT2D eigenvalue weighted by atomic mass is 16.6. The minimum Gasteiger partial charge on any atom is -0.444 e. The minimum atomic E-state index is -0.593. The van der Waals surface area contributed by atoms with Gasteiger partial charge in [0, 0.05) is 13.1 Å². The molecule has 1 aliphatic heterocycles. The third-order valence-electron chi connectivity index (χ3n) is 3.96. The quantitative estimate of drug-likeness (QED) is 0.922. The fraction of sp³-hybridized carbons (Fsp3) is 0.579. The summed E-state index contributed by atoms with van der Waals surface area (Å²) in [6, 6.07) is 9.22. The number of nitrogens with zero attached hydrogens (tertiary/aromatic N) is 1. The van der Waals surface area contributed by atoms with Crippen molar-refractivity contribution in [2.45, 2.75) is 64.6 Å². The lowest BCUT2D eigenvalue weighted by Crippen LogP contribution is -2.51. The maximum absolute atomic E-state index is 12.7. The maximum atomic E-state index is 12.7. The number of carbonyl (C=O) groups excluding carboxylic acids is 2. The summed E-state index contributed by atoms with van der Waals surface area (Å²) in [5, 5.41) is 2.93. The number of rotatable bonds is 3. The molecule has 0 aliphatic carbocycles. The average Bonchev–Trinajstić information content (AvgIpc) is 2.49. The molecule has 0 bridgehead atoms. The summed E-state index contributed by atoms with van der Waals surface area (Å²) < 4.78 is 5.55. The van der Waals surface area contributed by atoms with Gasteiger partial charge in [-0.05, 0) is 39.2 Å². The predicted octanol–water partition coefficient (Wildman–Crippen LogP) is 3.48. The van der Waals surface area contributed by atoms with Crippen LogP contribution in [0.15, 0.2) is 30.3 Å². The van der Waals surface area contributed by atoms with Gasteiger partial charge in [-0.1, -0.05) is 43.2 Å². The molecule has 24 heavy (non-hydrogen) atoms. The first-order valence-corrected chi connectivity index (χ1v) is 8.68. The van der Waals surface area contributed by atoms with Gasteiger partial charge in [0.25, 0.3) is 0 Å². The second-order valence-corrected chi connectivity index (χ2v) is 7.25. The van der Waals surface area contributed by atoms with E-state index in [0.29, 0.717) is 19.5 Å². The Hall–Kier alpha value is -2.04. The van der Waals surface area contributed by atoms with Crippen LogP contribution in [0.1, 0.15) is 52.0 Å². The van der Waals surface area contributed by atoms with E-state index in [0.717, 1.165) is 24.8 Å². The van der Waals surface area contributed by atoms with E-state index in [1.807, 2.05) is 51.1 Å². The van der Waals surface area contributed by atoms with Crippen LogP contribution < -0.4 is 5.32 Å². The summed E-state index contributed by atoms with van der Waals surface area (Å²) in [6.45, 7) is 6.55. The largest absolute Gasteiger partial charge is 0.444 e. The Morgan fingerprint density at radius 1 is 1.21 bits per heavy atom. The van der Waals surface area contributed by atoms with Crippen LogP contribution in [0.5, 0.6) is 0 Å². The molecule has 1 aromatic carbocycles. The van der Waals surface area contributed by atoms with Crippen LogP contribution in [0.25, 0.3) is 0 Å². The number of carbonyl (C=O) groups is 2. The third kappa shape index (κ3) is 5.55. The predicted molar refractivity (Wildman–Crippen MR) is 93.5 cm³/mol. The molecule has 1 fully saturated rings. The first-order valence-electron chi connectivity index (χ1n) is 8.68. The van der Waals surface area contributed by atoms with Crippen LogP contribution in [-0.2, 0) is 16.1 Å². The van der Waals surface area contributed by atoms with E-state index in [4.69, 9.17) is 4.74 Å². The summed E-state index contributed by atoms with van der Waals surface area (Å²) in [5.41, 5.74) is 0.391. The number of amides is 2. The SMILES string of the molecule is CC(C)(C)OC(=O)N(Cc1ccccc1)C1CCCCCNC1=O. The molecule has 0 spiro atoms. The Balaban J connectivity index is 2.22. The summed E-state index contributed by atoms with van der Waals surface area (Å²) in [7, 11) is 0.